The zero-order valence-corrected chi connectivity index (χ0v) is 12.7. The fraction of sp³-hybridized carbons (Fsp3) is 0.533. The summed E-state index contributed by atoms with van der Waals surface area (Å²) in [5.74, 6) is 0.795. The lowest BCUT2D eigenvalue weighted by molar-refractivity contribution is -0.128. The van der Waals surface area contributed by atoms with Crippen LogP contribution < -0.4 is 0 Å². The van der Waals surface area contributed by atoms with Crippen LogP contribution in [0.3, 0.4) is 0 Å². The van der Waals surface area contributed by atoms with E-state index in [1.165, 1.54) is 19.3 Å². The number of rotatable bonds is 3. The third-order valence-corrected chi connectivity index (χ3v) is 4.63. The van der Waals surface area contributed by atoms with Crippen LogP contribution in [0.1, 0.15) is 32.1 Å². The van der Waals surface area contributed by atoms with E-state index < -0.39 is 0 Å². The first-order valence-corrected chi connectivity index (χ1v) is 8.28. The SMILES string of the molecule is O=C(CSc1ccc(Cl)cc1)N1CCCCCCC1. The molecule has 1 aliphatic heterocycles. The van der Waals surface area contributed by atoms with Gasteiger partial charge in [0, 0.05) is 23.0 Å². The van der Waals surface area contributed by atoms with E-state index in [0.29, 0.717) is 5.75 Å². The zero-order valence-electron chi connectivity index (χ0n) is 11.1. The highest BCUT2D eigenvalue weighted by atomic mass is 35.5. The van der Waals surface area contributed by atoms with Gasteiger partial charge in [0.2, 0.25) is 5.91 Å². The van der Waals surface area contributed by atoms with Gasteiger partial charge in [-0.2, -0.15) is 0 Å². The van der Waals surface area contributed by atoms with Gasteiger partial charge in [0.1, 0.15) is 0 Å². The van der Waals surface area contributed by atoms with E-state index in [1.807, 2.05) is 29.2 Å². The van der Waals surface area contributed by atoms with Gasteiger partial charge in [0.25, 0.3) is 0 Å². The Morgan fingerprint density at radius 2 is 1.63 bits per heavy atom. The minimum atomic E-state index is 0.266. The summed E-state index contributed by atoms with van der Waals surface area (Å²) in [5, 5.41) is 0.736. The lowest BCUT2D eigenvalue weighted by Gasteiger charge is -2.24. The molecule has 1 fully saturated rings. The van der Waals surface area contributed by atoms with Crippen molar-refractivity contribution in [2.45, 2.75) is 37.0 Å². The maximum absolute atomic E-state index is 12.2. The first-order valence-electron chi connectivity index (χ1n) is 6.92. The Labute approximate surface area is 124 Å². The molecule has 1 heterocycles. The summed E-state index contributed by atoms with van der Waals surface area (Å²) in [6, 6.07) is 7.66. The van der Waals surface area contributed by atoms with Crippen molar-refractivity contribution < 1.29 is 4.79 Å². The lowest BCUT2D eigenvalue weighted by atomic mass is 10.1. The third kappa shape index (κ3) is 5.07. The second kappa shape index (κ2) is 7.81. The van der Waals surface area contributed by atoms with Crippen LogP contribution in [-0.2, 0) is 4.79 Å². The van der Waals surface area contributed by atoms with E-state index >= 15 is 0 Å². The Kier molecular flexibility index (Phi) is 6.05. The highest BCUT2D eigenvalue weighted by Crippen LogP contribution is 2.21. The van der Waals surface area contributed by atoms with Gasteiger partial charge in [0.15, 0.2) is 0 Å². The molecule has 0 atom stereocenters. The van der Waals surface area contributed by atoms with Crippen LogP contribution in [0.5, 0.6) is 0 Å². The van der Waals surface area contributed by atoms with Gasteiger partial charge in [-0.15, -0.1) is 11.8 Å². The second-order valence-electron chi connectivity index (χ2n) is 4.89. The van der Waals surface area contributed by atoms with E-state index in [2.05, 4.69) is 0 Å². The summed E-state index contributed by atoms with van der Waals surface area (Å²) < 4.78 is 0. The fourth-order valence-corrected chi connectivity index (χ4v) is 3.19. The van der Waals surface area contributed by atoms with Crippen LogP contribution >= 0.6 is 23.4 Å². The van der Waals surface area contributed by atoms with Crippen molar-refractivity contribution in [3.63, 3.8) is 0 Å². The third-order valence-electron chi connectivity index (χ3n) is 3.38. The molecule has 0 bridgehead atoms. The predicted octanol–water partition coefficient (Wildman–Crippen LogP) is 4.22. The second-order valence-corrected chi connectivity index (χ2v) is 6.38. The molecule has 2 rings (SSSR count). The van der Waals surface area contributed by atoms with Crippen LogP contribution in [0, 0.1) is 0 Å². The predicted molar refractivity (Wildman–Crippen MR) is 81.8 cm³/mol. The largest absolute Gasteiger partial charge is 0.342 e. The van der Waals surface area contributed by atoms with Crippen molar-refractivity contribution in [2.75, 3.05) is 18.8 Å². The van der Waals surface area contributed by atoms with Crippen LogP contribution in [0.15, 0.2) is 29.2 Å². The number of likely N-dealkylation sites (tertiary alicyclic amines) is 1. The Morgan fingerprint density at radius 3 is 2.26 bits per heavy atom. The molecule has 1 amide bonds. The number of carbonyl (C=O) groups is 1. The summed E-state index contributed by atoms with van der Waals surface area (Å²) in [6.45, 7) is 1.86. The minimum absolute atomic E-state index is 0.266. The van der Waals surface area contributed by atoms with E-state index in [4.69, 9.17) is 11.6 Å². The number of carbonyl (C=O) groups excluding carboxylic acids is 1. The first kappa shape index (κ1) is 14.7. The molecule has 1 aromatic carbocycles. The summed E-state index contributed by atoms with van der Waals surface area (Å²) in [4.78, 5) is 15.3. The smallest absolute Gasteiger partial charge is 0.232 e. The molecule has 0 saturated carbocycles. The van der Waals surface area contributed by atoms with Gasteiger partial charge >= 0.3 is 0 Å². The zero-order chi connectivity index (χ0) is 13.5. The first-order chi connectivity index (χ1) is 9.25. The van der Waals surface area contributed by atoms with Crippen molar-refractivity contribution in [3.05, 3.63) is 29.3 Å². The maximum Gasteiger partial charge on any atom is 0.232 e. The molecule has 104 valence electrons. The number of thioether (sulfide) groups is 1. The monoisotopic (exact) mass is 297 g/mol. The Balaban J connectivity index is 1.80. The summed E-state index contributed by atoms with van der Waals surface area (Å²) >= 11 is 7.44. The molecule has 0 aliphatic carbocycles. The average molecular weight is 298 g/mol. The molecule has 0 unspecified atom stereocenters. The number of benzene rings is 1. The van der Waals surface area contributed by atoms with E-state index in [-0.39, 0.29) is 5.91 Å². The number of hydrogen-bond donors (Lipinski definition) is 0. The Hall–Kier alpha value is -0.670. The maximum atomic E-state index is 12.2. The number of hydrogen-bond acceptors (Lipinski definition) is 2. The molecule has 4 heteroatoms. The molecule has 1 saturated heterocycles. The summed E-state index contributed by atoms with van der Waals surface area (Å²) in [5.41, 5.74) is 0. The van der Waals surface area contributed by atoms with Crippen molar-refractivity contribution in [2.24, 2.45) is 0 Å². The quantitative estimate of drug-likeness (QED) is 0.778. The van der Waals surface area contributed by atoms with Crippen LogP contribution in [0.4, 0.5) is 0 Å². The average Bonchev–Trinajstić information content (AvgIpc) is 2.37. The number of nitrogens with zero attached hydrogens (tertiary/aromatic N) is 1. The van der Waals surface area contributed by atoms with E-state index in [1.54, 1.807) is 11.8 Å². The lowest BCUT2D eigenvalue weighted by Crippen LogP contribution is -2.35. The molecule has 19 heavy (non-hydrogen) atoms. The molecule has 1 aromatic rings. The van der Waals surface area contributed by atoms with E-state index in [9.17, 15) is 4.79 Å². The molecule has 0 N–H and O–H groups in total. The van der Waals surface area contributed by atoms with Crippen molar-refractivity contribution >= 4 is 29.3 Å². The van der Waals surface area contributed by atoms with Gasteiger partial charge in [0.05, 0.1) is 5.75 Å². The van der Waals surface area contributed by atoms with Gasteiger partial charge < -0.3 is 4.90 Å². The molecule has 1 aliphatic rings. The Morgan fingerprint density at radius 1 is 1.05 bits per heavy atom. The van der Waals surface area contributed by atoms with Crippen LogP contribution in [0.2, 0.25) is 5.02 Å². The van der Waals surface area contributed by atoms with E-state index in [0.717, 1.165) is 35.8 Å². The fourth-order valence-electron chi connectivity index (χ4n) is 2.26. The van der Waals surface area contributed by atoms with Crippen molar-refractivity contribution in [1.29, 1.82) is 0 Å². The van der Waals surface area contributed by atoms with Gasteiger partial charge in [-0.25, -0.2) is 0 Å². The highest BCUT2D eigenvalue weighted by molar-refractivity contribution is 8.00. The van der Waals surface area contributed by atoms with Gasteiger partial charge in [-0.3, -0.25) is 4.79 Å². The highest BCUT2D eigenvalue weighted by Gasteiger charge is 2.14. The minimum Gasteiger partial charge on any atom is -0.342 e. The molecule has 2 nitrogen and oxygen atoms in total. The van der Waals surface area contributed by atoms with Gasteiger partial charge in [-0.1, -0.05) is 30.9 Å². The molecule has 0 spiro atoms. The normalized spacial score (nSPS) is 16.8. The standard InChI is InChI=1S/C15H20ClNOS/c16-13-6-8-14(9-7-13)19-12-15(18)17-10-4-2-1-3-5-11-17/h6-9H,1-5,10-12H2. The molecule has 0 radical (unpaired) electrons. The summed E-state index contributed by atoms with van der Waals surface area (Å²) in [6.07, 6.45) is 6.14. The van der Waals surface area contributed by atoms with Crippen LogP contribution in [-0.4, -0.2) is 29.6 Å². The summed E-state index contributed by atoms with van der Waals surface area (Å²) in [7, 11) is 0. The Bertz CT molecular complexity index is 399. The van der Waals surface area contributed by atoms with Crippen molar-refractivity contribution in [1.82, 2.24) is 4.90 Å². The molecular weight excluding hydrogens is 278 g/mol. The number of amides is 1. The van der Waals surface area contributed by atoms with Crippen LogP contribution in [0.25, 0.3) is 0 Å². The van der Waals surface area contributed by atoms with Crippen molar-refractivity contribution in [3.8, 4) is 0 Å². The van der Waals surface area contributed by atoms with Gasteiger partial charge in [-0.05, 0) is 37.1 Å². The number of halogens is 1. The topological polar surface area (TPSA) is 20.3 Å². The molecular formula is C15H20ClNOS. The molecule has 0 aromatic heterocycles.